The van der Waals surface area contributed by atoms with Gasteiger partial charge in [0.15, 0.2) is 5.82 Å². The minimum Gasteiger partial charge on any atom is -0.329 e. The van der Waals surface area contributed by atoms with E-state index >= 15 is 0 Å². The molecule has 7 nitrogen and oxygen atoms in total. The van der Waals surface area contributed by atoms with Gasteiger partial charge in [-0.3, -0.25) is 4.79 Å². The lowest BCUT2D eigenvalue weighted by Gasteiger charge is -2.33. The van der Waals surface area contributed by atoms with E-state index in [2.05, 4.69) is 45.5 Å². The first-order valence-electron chi connectivity index (χ1n) is 7.49. The van der Waals surface area contributed by atoms with Crippen molar-refractivity contribution in [3.63, 3.8) is 0 Å². The number of carbonyl (C=O) groups excluding carboxylic acids is 1. The maximum Gasteiger partial charge on any atom is 0.257 e. The van der Waals surface area contributed by atoms with Gasteiger partial charge in [-0.25, -0.2) is 9.97 Å². The number of hydrogen-bond donors (Lipinski definition) is 0. The normalized spacial score (nSPS) is 17.7. The van der Waals surface area contributed by atoms with Crippen LogP contribution in [0.1, 0.15) is 60.6 Å². The van der Waals surface area contributed by atoms with E-state index in [4.69, 9.17) is 0 Å². The van der Waals surface area contributed by atoms with Gasteiger partial charge in [0.2, 0.25) is 0 Å². The molecule has 0 unspecified atom stereocenters. The zero-order chi connectivity index (χ0) is 15.9. The summed E-state index contributed by atoms with van der Waals surface area (Å²) in [7, 11) is 0. The van der Waals surface area contributed by atoms with Crippen LogP contribution in [0.3, 0.4) is 0 Å². The molecular formula is C15H20N6O. The topological polar surface area (TPSA) is 76.8 Å². The van der Waals surface area contributed by atoms with Crippen LogP contribution < -0.4 is 0 Å². The van der Waals surface area contributed by atoms with Crippen LogP contribution in [-0.2, 0) is 6.54 Å². The van der Waals surface area contributed by atoms with Gasteiger partial charge in [-0.05, 0) is 13.8 Å². The first kappa shape index (κ1) is 14.6. The number of rotatable bonds is 2. The Labute approximate surface area is 129 Å². The fourth-order valence-electron chi connectivity index (χ4n) is 2.80. The number of amides is 1. The molecular weight excluding hydrogens is 280 g/mol. The maximum atomic E-state index is 12.6. The van der Waals surface area contributed by atoms with Gasteiger partial charge in [0, 0.05) is 24.9 Å². The summed E-state index contributed by atoms with van der Waals surface area (Å²) in [6.07, 6.45) is 3.16. The van der Waals surface area contributed by atoms with Gasteiger partial charge in [-0.2, -0.15) is 0 Å². The first-order valence-corrected chi connectivity index (χ1v) is 7.49. The van der Waals surface area contributed by atoms with Crippen molar-refractivity contribution < 1.29 is 4.79 Å². The number of hydrogen-bond acceptors (Lipinski definition) is 5. The number of nitrogens with zero attached hydrogens (tertiary/aromatic N) is 6. The average Bonchev–Trinajstić information content (AvgIpc) is 2.92. The highest BCUT2D eigenvalue weighted by molar-refractivity contribution is 5.93. The zero-order valence-electron chi connectivity index (χ0n) is 13.3. The van der Waals surface area contributed by atoms with Crippen LogP contribution in [0.5, 0.6) is 0 Å². The predicted molar refractivity (Wildman–Crippen MR) is 80.3 cm³/mol. The third-order valence-corrected chi connectivity index (χ3v) is 3.88. The summed E-state index contributed by atoms with van der Waals surface area (Å²) < 4.78 is 2.15. The van der Waals surface area contributed by atoms with Gasteiger partial charge < -0.3 is 9.47 Å². The van der Waals surface area contributed by atoms with Crippen LogP contribution in [0.25, 0.3) is 0 Å². The van der Waals surface area contributed by atoms with E-state index in [1.807, 2.05) is 0 Å². The van der Waals surface area contributed by atoms with E-state index in [9.17, 15) is 4.79 Å². The highest BCUT2D eigenvalue weighted by atomic mass is 16.2. The van der Waals surface area contributed by atoms with Crippen molar-refractivity contribution in [1.29, 1.82) is 0 Å². The Morgan fingerprint density at radius 3 is 2.59 bits per heavy atom. The number of fused-ring (bicyclic) bond motifs is 1. The molecule has 1 aliphatic rings. The molecule has 0 spiro atoms. The Morgan fingerprint density at radius 2 is 1.95 bits per heavy atom. The summed E-state index contributed by atoms with van der Waals surface area (Å²) in [5, 5.41) is 8.53. The SMILES string of the molecule is Cc1ncc(C(=O)N2Cc3nnc(C(C)C)n3[C@@H](C)C2)cn1. The van der Waals surface area contributed by atoms with E-state index in [1.165, 1.54) is 0 Å². The summed E-state index contributed by atoms with van der Waals surface area (Å²) in [5.41, 5.74) is 0.509. The van der Waals surface area contributed by atoms with Crippen molar-refractivity contribution in [1.82, 2.24) is 29.6 Å². The second-order valence-electron chi connectivity index (χ2n) is 6.05. The van der Waals surface area contributed by atoms with Crippen molar-refractivity contribution in [2.45, 2.75) is 46.2 Å². The summed E-state index contributed by atoms with van der Waals surface area (Å²) >= 11 is 0. The number of carbonyl (C=O) groups is 1. The molecule has 0 aromatic carbocycles. The van der Waals surface area contributed by atoms with Gasteiger partial charge >= 0.3 is 0 Å². The molecule has 1 atom stereocenters. The number of aromatic nitrogens is 5. The minimum absolute atomic E-state index is 0.0628. The molecule has 0 aliphatic carbocycles. The van der Waals surface area contributed by atoms with Crippen molar-refractivity contribution >= 4 is 5.91 Å². The summed E-state index contributed by atoms with van der Waals surface area (Å²) in [4.78, 5) is 22.6. The zero-order valence-corrected chi connectivity index (χ0v) is 13.3. The highest BCUT2D eigenvalue weighted by Crippen LogP contribution is 2.25. The van der Waals surface area contributed by atoms with E-state index in [1.54, 1.807) is 24.2 Å². The largest absolute Gasteiger partial charge is 0.329 e. The second kappa shape index (κ2) is 5.47. The molecule has 22 heavy (non-hydrogen) atoms. The van der Waals surface area contributed by atoms with Crippen LogP contribution in [0, 0.1) is 6.92 Å². The van der Waals surface area contributed by atoms with Gasteiger partial charge in [0.05, 0.1) is 18.2 Å². The standard InChI is InChI=1S/C15H20N6O/c1-9(2)14-19-18-13-8-20(7-10(3)21(13)14)15(22)12-5-16-11(4)17-6-12/h5-6,9-10H,7-8H2,1-4H3/t10-/m0/s1. The van der Waals surface area contributed by atoms with Crippen molar-refractivity contribution in [2.75, 3.05) is 6.54 Å². The monoisotopic (exact) mass is 300 g/mol. The Morgan fingerprint density at radius 1 is 1.27 bits per heavy atom. The lowest BCUT2D eigenvalue weighted by atomic mass is 10.1. The summed E-state index contributed by atoms with van der Waals surface area (Å²) in [6.45, 7) is 9.20. The molecule has 7 heteroatoms. The lowest BCUT2D eigenvalue weighted by Crippen LogP contribution is -2.41. The molecule has 0 saturated heterocycles. The Balaban J connectivity index is 1.86. The third kappa shape index (κ3) is 2.47. The summed E-state index contributed by atoms with van der Waals surface area (Å²) in [5.74, 6) is 2.73. The van der Waals surface area contributed by atoms with Gasteiger partial charge in [0.1, 0.15) is 11.6 Å². The fourth-order valence-corrected chi connectivity index (χ4v) is 2.80. The summed E-state index contributed by atoms with van der Waals surface area (Å²) in [6, 6.07) is 0.159. The fraction of sp³-hybridized carbons (Fsp3) is 0.533. The molecule has 3 rings (SSSR count). The first-order chi connectivity index (χ1) is 10.5. The number of aryl methyl sites for hydroxylation is 1. The average molecular weight is 300 g/mol. The second-order valence-corrected chi connectivity index (χ2v) is 6.05. The van der Waals surface area contributed by atoms with Crippen molar-refractivity contribution in [2.24, 2.45) is 0 Å². The van der Waals surface area contributed by atoms with Crippen LogP contribution in [0.4, 0.5) is 0 Å². The van der Waals surface area contributed by atoms with Crippen molar-refractivity contribution in [3.8, 4) is 0 Å². The van der Waals surface area contributed by atoms with Gasteiger partial charge in [-0.1, -0.05) is 13.8 Å². The Hall–Kier alpha value is -2.31. The van der Waals surface area contributed by atoms with E-state index in [-0.39, 0.29) is 11.9 Å². The molecule has 3 heterocycles. The molecule has 2 aromatic heterocycles. The molecule has 0 saturated carbocycles. The van der Waals surface area contributed by atoms with E-state index < -0.39 is 0 Å². The molecule has 0 N–H and O–H groups in total. The van der Waals surface area contributed by atoms with Crippen LogP contribution in [0.15, 0.2) is 12.4 Å². The Kier molecular flexibility index (Phi) is 3.64. The van der Waals surface area contributed by atoms with E-state index in [0.29, 0.717) is 30.4 Å². The van der Waals surface area contributed by atoms with Crippen LogP contribution >= 0.6 is 0 Å². The van der Waals surface area contributed by atoms with Gasteiger partial charge in [0.25, 0.3) is 5.91 Å². The van der Waals surface area contributed by atoms with Crippen LogP contribution in [-0.4, -0.2) is 42.1 Å². The molecule has 1 amide bonds. The predicted octanol–water partition coefficient (Wildman–Crippen LogP) is 1.72. The molecule has 0 radical (unpaired) electrons. The van der Waals surface area contributed by atoms with Gasteiger partial charge in [-0.15, -0.1) is 10.2 Å². The molecule has 2 aromatic rings. The quantitative estimate of drug-likeness (QED) is 0.844. The van der Waals surface area contributed by atoms with Crippen molar-refractivity contribution in [3.05, 3.63) is 35.4 Å². The Bertz CT molecular complexity index is 691. The molecule has 0 bridgehead atoms. The minimum atomic E-state index is -0.0628. The lowest BCUT2D eigenvalue weighted by molar-refractivity contribution is 0.0678. The highest BCUT2D eigenvalue weighted by Gasteiger charge is 2.30. The molecule has 1 aliphatic heterocycles. The van der Waals surface area contributed by atoms with Crippen LogP contribution in [0.2, 0.25) is 0 Å². The molecule has 116 valence electrons. The maximum absolute atomic E-state index is 12.6. The van der Waals surface area contributed by atoms with E-state index in [0.717, 1.165) is 11.6 Å². The third-order valence-electron chi connectivity index (χ3n) is 3.88. The smallest absolute Gasteiger partial charge is 0.257 e. The molecule has 0 fully saturated rings.